The van der Waals surface area contributed by atoms with Gasteiger partial charge in [-0.2, -0.15) is 0 Å². The number of β-amino-alcohol motifs (C(OH)–C–C–N with tert-alkyl or cyclic N) is 1. The summed E-state index contributed by atoms with van der Waals surface area (Å²) in [5, 5.41) is 10.9. The minimum absolute atomic E-state index is 0.131. The summed E-state index contributed by atoms with van der Waals surface area (Å²) in [5.41, 5.74) is 0.196. The zero-order chi connectivity index (χ0) is 13.6. The Bertz CT molecular complexity index is 491. The molecule has 1 saturated heterocycles. The number of hydrogen-bond donors (Lipinski definition) is 1. The van der Waals surface area contributed by atoms with Crippen LogP contribution in [0, 0.1) is 5.82 Å². The van der Waals surface area contributed by atoms with Gasteiger partial charge < -0.3 is 5.11 Å². The van der Waals surface area contributed by atoms with Gasteiger partial charge in [0.15, 0.2) is 0 Å². The van der Waals surface area contributed by atoms with Crippen LogP contribution in [-0.4, -0.2) is 34.2 Å². The Morgan fingerprint density at radius 2 is 2.21 bits per heavy atom. The summed E-state index contributed by atoms with van der Waals surface area (Å²) in [6.45, 7) is 2.89. The molecule has 1 saturated carbocycles. The minimum atomic E-state index is -0.705. The number of likely N-dealkylation sites (tertiary alicyclic amines) is 1. The molecule has 0 bridgehead atoms. The molecule has 1 aromatic rings. The number of rotatable bonds is 3. The number of aliphatic hydroxyl groups is 1. The molecule has 2 aliphatic rings. The molecule has 3 rings (SSSR count). The van der Waals surface area contributed by atoms with Gasteiger partial charge in [-0.05, 0) is 43.9 Å². The molecule has 2 unspecified atom stereocenters. The fourth-order valence-corrected chi connectivity index (χ4v) is 3.48. The average Bonchev–Trinajstić information content (AvgIpc) is 3.11. The predicted molar refractivity (Wildman–Crippen MR) is 73.9 cm³/mol. The van der Waals surface area contributed by atoms with Crippen LogP contribution in [0.3, 0.4) is 0 Å². The monoisotopic (exact) mass is 283 g/mol. The maximum absolute atomic E-state index is 13.1. The Morgan fingerprint density at radius 1 is 1.47 bits per heavy atom. The van der Waals surface area contributed by atoms with Crippen molar-refractivity contribution in [1.82, 2.24) is 4.90 Å². The second-order valence-corrected chi connectivity index (χ2v) is 6.51. The third-order valence-corrected chi connectivity index (χ3v) is 4.54. The molecule has 104 valence electrons. The highest BCUT2D eigenvalue weighted by Crippen LogP contribution is 2.38. The van der Waals surface area contributed by atoms with Gasteiger partial charge in [0.2, 0.25) is 0 Å². The van der Waals surface area contributed by atoms with Crippen LogP contribution < -0.4 is 0 Å². The van der Waals surface area contributed by atoms with Crippen LogP contribution >= 0.6 is 11.6 Å². The van der Waals surface area contributed by atoms with Crippen molar-refractivity contribution >= 4 is 11.6 Å². The molecular weight excluding hydrogens is 265 g/mol. The van der Waals surface area contributed by atoms with Crippen LogP contribution in [0.1, 0.15) is 31.7 Å². The van der Waals surface area contributed by atoms with Crippen molar-refractivity contribution < 1.29 is 9.50 Å². The smallest absolute Gasteiger partial charge is 0.141 e. The first-order valence-electron chi connectivity index (χ1n) is 6.89. The van der Waals surface area contributed by atoms with E-state index in [9.17, 15) is 9.50 Å². The zero-order valence-electron chi connectivity index (χ0n) is 11.1. The fourth-order valence-electron chi connectivity index (χ4n) is 3.28. The van der Waals surface area contributed by atoms with Gasteiger partial charge in [0.25, 0.3) is 0 Å². The van der Waals surface area contributed by atoms with Crippen LogP contribution in [0.2, 0.25) is 5.02 Å². The number of nitrogens with zero attached hydrogens (tertiary/aromatic N) is 1. The lowest BCUT2D eigenvalue weighted by Crippen LogP contribution is -2.36. The number of benzene rings is 1. The van der Waals surface area contributed by atoms with E-state index in [4.69, 9.17) is 11.6 Å². The lowest BCUT2D eigenvalue weighted by atomic mass is 9.92. The predicted octanol–water partition coefficient (Wildman–Crippen LogP) is 3.01. The summed E-state index contributed by atoms with van der Waals surface area (Å²) < 4.78 is 13.1. The second-order valence-electron chi connectivity index (χ2n) is 6.11. The number of halogens is 2. The van der Waals surface area contributed by atoms with E-state index in [1.165, 1.54) is 18.9 Å². The van der Waals surface area contributed by atoms with Gasteiger partial charge in [0, 0.05) is 25.0 Å². The van der Waals surface area contributed by atoms with Crippen molar-refractivity contribution in [2.75, 3.05) is 6.54 Å². The minimum Gasteiger partial charge on any atom is -0.388 e. The van der Waals surface area contributed by atoms with Gasteiger partial charge in [0.05, 0.1) is 10.6 Å². The summed E-state index contributed by atoms with van der Waals surface area (Å²) in [7, 11) is 0. The Balaban J connectivity index is 1.73. The lowest BCUT2D eigenvalue weighted by Gasteiger charge is -2.24. The molecule has 0 spiro atoms. The maximum Gasteiger partial charge on any atom is 0.141 e. The summed E-state index contributed by atoms with van der Waals surface area (Å²) in [6.07, 6.45) is 3.82. The van der Waals surface area contributed by atoms with Gasteiger partial charge in [-0.3, -0.25) is 4.90 Å². The summed E-state index contributed by atoms with van der Waals surface area (Å²) in [6, 6.07) is 5.80. The standard InChI is InChI=1S/C15H19ClFNO/c1-10-7-15(19,9-18(10)12-3-4-12)8-11-2-5-14(17)13(16)6-11/h2,5-6,10,12,19H,3-4,7-9H2,1H3. The lowest BCUT2D eigenvalue weighted by molar-refractivity contribution is 0.0487. The Hall–Kier alpha value is -0.640. The first-order chi connectivity index (χ1) is 8.97. The molecule has 4 heteroatoms. The highest BCUT2D eigenvalue weighted by molar-refractivity contribution is 6.30. The van der Waals surface area contributed by atoms with Gasteiger partial charge in [-0.15, -0.1) is 0 Å². The van der Waals surface area contributed by atoms with Crippen molar-refractivity contribution in [3.63, 3.8) is 0 Å². The largest absolute Gasteiger partial charge is 0.388 e. The van der Waals surface area contributed by atoms with E-state index in [-0.39, 0.29) is 5.02 Å². The van der Waals surface area contributed by atoms with E-state index in [2.05, 4.69) is 11.8 Å². The summed E-state index contributed by atoms with van der Waals surface area (Å²) in [5.74, 6) is -0.406. The Labute approximate surface area is 118 Å². The van der Waals surface area contributed by atoms with E-state index >= 15 is 0 Å². The average molecular weight is 284 g/mol. The van der Waals surface area contributed by atoms with Crippen LogP contribution in [0.15, 0.2) is 18.2 Å². The second kappa shape index (κ2) is 4.72. The van der Waals surface area contributed by atoms with Crippen molar-refractivity contribution in [3.05, 3.63) is 34.6 Å². The maximum atomic E-state index is 13.1. The van der Waals surface area contributed by atoms with E-state index in [0.29, 0.717) is 25.0 Å². The van der Waals surface area contributed by atoms with E-state index < -0.39 is 11.4 Å². The highest BCUT2D eigenvalue weighted by Gasteiger charge is 2.45. The number of hydrogen-bond acceptors (Lipinski definition) is 2. The molecule has 2 nitrogen and oxygen atoms in total. The van der Waals surface area contributed by atoms with Crippen molar-refractivity contribution in [2.24, 2.45) is 0 Å². The normalized spacial score (nSPS) is 31.9. The third kappa shape index (κ3) is 2.78. The van der Waals surface area contributed by atoms with Crippen LogP contribution in [-0.2, 0) is 6.42 Å². The van der Waals surface area contributed by atoms with Gasteiger partial charge >= 0.3 is 0 Å². The fraction of sp³-hybridized carbons (Fsp3) is 0.600. The van der Waals surface area contributed by atoms with Gasteiger partial charge in [-0.25, -0.2) is 4.39 Å². The molecule has 19 heavy (non-hydrogen) atoms. The van der Waals surface area contributed by atoms with Crippen LogP contribution in [0.5, 0.6) is 0 Å². The quantitative estimate of drug-likeness (QED) is 0.922. The Kier molecular flexibility index (Phi) is 3.32. The SMILES string of the molecule is CC1CC(O)(Cc2ccc(F)c(Cl)c2)CN1C1CC1. The molecule has 1 heterocycles. The third-order valence-electron chi connectivity index (χ3n) is 4.25. The molecular formula is C15H19ClFNO. The first-order valence-corrected chi connectivity index (χ1v) is 7.27. The molecule has 1 aromatic carbocycles. The molecule has 2 atom stereocenters. The molecule has 0 aromatic heterocycles. The van der Waals surface area contributed by atoms with Gasteiger partial charge in [-0.1, -0.05) is 17.7 Å². The zero-order valence-corrected chi connectivity index (χ0v) is 11.8. The van der Waals surface area contributed by atoms with Crippen LogP contribution in [0.25, 0.3) is 0 Å². The van der Waals surface area contributed by atoms with Crippen molar-refractivity contribution in [3.8, 4) is 0 Å². The molecule has 2 fully saturated rings. The molecule has 1 aliphatic heterocycles. The van der Waals surface area contributed by atoms with E-state index in [1.54, 1.807) is 12.1 Å². The Morgan fingerprint density at radius 3 is 2.84 bits per heavy atom. The topological polar surface area (TPSA) is 23.5 Å². The molecule has 1 N–H and O–H groups in total. The molecule has 0 radical (unpaired) electrons. The summed E-state index contributed by atoms with van der Waals surface area (Å²) in [4.78, 5) is 2.41. The van der Waals surface area contributed by atoms with Crippen molar-refractivity contribution in [2.45, 2.75) is 50.3 Å². The highest BCUT2D eigenvalue weighted by atomic mass is 35.5. The van der Waals surface area contributed by atoms with Gasteiger partial charge in [0.1, 0.15) is 5.82 Å². The molecule has 1 aliphatic carbocycles. The summed E-state index contributed by atoms with van der Waals surface area (Å²) >= 11 is 5.80. The first kappa shape index (κ1) is 13.3. The van der Waals surface area contributed by atoms with Crippen LogP contribution in [0.4, 0.5) is 4.39 Å². The van der Waals surface area contributed by atoms with E-state index in [0.717, 1.165) is 12.0 Å². The van der Waals surface area contributed by atoms with E-state index in [1.807, 2.05) is 0 Å². The van der Waals surface area contributed by atoms with Crippen molar-refractivity contribution in [1.29, 1.82) is 0 Å². The molecule has 0 amide bonds.